The van der Waals surface area contributed by atoms with Gasteiger partial charge in [-0.1, -0.05) is 0 Å². The number of hydrogen-bond acceptors (Lipinski definition) is 5. The molecule has 2 heterocycles. The first-order valence-electron chi connectivity index (χ1n) is 6.59. The molecular weight excluding hydrogens is 242 g/mol. The molecule has 1 unspecified atom stereocenters. The van der Waals surface area contributed by atoms with Gasteiger partial charge in [-0.3, -0.25) is 14.7 Å². The fraction of sp³-hybridized carbons (Fsp3) is 0.571. The van der Waals surface area contributed by atoms with Crippen molar-refractivity contribution in [2.45, 2.75) is 5.92 Å². The van der Waals surface area contributed by atoms with E-state index in [4.69, 9.17) is 4.74 Å². The Morgan fingerprint density at radius 3 is 2.53 bits per heavy atom. The van der Waals surface area contributed by atoms with Crippen LogP contribution in [0.4, 0.5) is 0 Å². The number of esters is 1. The zero-order chi connectivity index (χ0) is 13.7. The maximum Gasteiger partial charge on any atom is 0.314 e. The first kappa shape index (κ1) is 14.0. The molecule has 0 aromatic carbocycles. The van der Waals surface area contributed by atoms with Crippen molar-refractivity contribution in [3.05, 3.63) is 30.1 Å². The van der Waals surface area contributed by atoms with Gasteiger partial charge in [-0.2, -0.15) is 0 Å². The van der Waals surface area contributed by atoms with Gasteiger partial charge in [0.25, 0.3) is 0 Å². The van der Waals surface area contributed by atoms with Crippen molar-refractivity contribution in [3.8, 4) is 0 Å². The number of methoxy groups -OCH3 is 1. The fourth-order valence-corrected chi connectivity index (χ4v) is 2.34. The highest BCUT2D eigenvalue weighted by atomic mass is 16.5. The van der Waals surface area contributed by atoms with Crippen LogP contribution < -0.4 is 0 Å². The second-order valence-electron chi connectivity index (χ2n) is 4.96. The van der Waals surface area contributed by atoms with Crippen LogP contribution in [0.3, 0.4) is 0 Å². The van der Waals surface area contributed by atoms with E-state index in [0.717, 1.165) is 31.7 Å². The van der Waals surface area contributed by atoms with Crippen molar-refractivity contribution < 1.29 is 9.53 Å². The topological polar surface area (TPSA) is 45.7 Å². The number of hydrogen-bond donors (Lipinski definition) is 0. The van der Waals surface area contributed by atoms with Crippen LogP contribution in [0.15, 0.2) is 24.5 Å². The lowest BCUT2D eigenvalue weighted by Crippen LogP contribution is -2.46. The number of piperazine rings is 1. The van der Waals surface area contributed by atoms with Crippen LogP contribution in [-0.4, -0.2) is 67.6 Å². The molecule has 2 rings (SSSR count). The number of nitrogens with zero attached hydrogens (tertiary/aromatic N) is 3. The summed E-state index contributed by atoms with van der Waals surface area (Å²) < 4.78 is 4.93. The van der Waals surface area contributed by atoms with Gasteiger partial charge >= 0.3 is 5.97 Å². The molecule has 1 aliphatic heterocycles. The molecular formula is C14H21N3O2. The smallest absolute Gasteiger partial charge is 0.314 e. The zero-order valence-corrected chi connectivity index (χ0v) is 11.6. The Hall–Kier alpha value is -1.46. The Morgan fingerprint density at radius 1 is 1.32 bits per heavy atom. The lowest BCUT2D eigenvalue weighted by molar-refractivity contribution is -0.143. The van der Waals surface area contributed by atoms with Crippen LogP contribution in [-0.2, 0) is 9.53 Å². The normalized spacial score (nSPS) is 19.1. The van der Waals surface area contributed by atoms with E-state index in [-0.39, 0.29) is 11.9 Å². The maximum atomic E-state index is 12.0. The highest BCUT2D eigenvalue weighted by molar-refractivity contribution is 5.78. The molecule has 0 saturated carbocycles. The van der Waals surface area contributed by atoms with Crippen LogP contribution >= 0.6 is 0 Å². The first-order valence-corrected chi connectivity index (χ1v) is 6.59. The van der Waals surface area contributed by atoms with E-state index in [2.05, 4.69) is 21.8 Å². The Morgan fingerprint density at radius 2 is 1.95 bits per heavy atom. The third kappa shape index (κ3) is 3.75. The summed E-state index contributed by atoms with van der Waals surface area (Å²) in [6.45, 7) is 4.79. The van der Waals surface area contributed by atoms with Gasteiger partial charge in [0.2, 0.25) is 0 Å². The minimum absolute atomic E-state index is 0.176. The average molecular weight is 263 g/mol. The first-order chi connectivity index (χ1) is 9.20. The van der Waals surface area contributed by atoms with Crippen LogP contribution in [0, 0.1) is 0 Å². The van der Waals surface area contributed by atoms with Crippen LogP contribution in [0.5, 0.6) is 0 Å². The highest BCUT2D eigenvalue weighted by Gasteiger charge is 2.25. The molecule has 0 bridgehead atoms. The molecule has 0 aliphatic carbocycles. The third-order valence-electron chi connectivity index (χ3n) is 3.63. The lowest BCUT2D eigenvalue weighted by Gasteiger charge is -2.34. The van der Waals surface area contributed by atoms with Crippen LogP contribution in [0.2, 0.25) is 0 Å². The van der Waals surface area contributed by atoms with Crippen molar-refractivity contribution in [1.29, 1.82) is 0 Å². The van der Waals surface area contributed by atoms with Crippen molar-refractivity contribution in [1.82, 2.24) is 14.8 Å². The molecule has 0 amide bonds. The summed E-state index contributed by atoms with van der Waals surface area (Å²) in [5, 5.41) is 0. The van der Waals surface area contributed by atoms with Crippen molar-refractivity contribution >= 4 is 5.97 Å². The Bertz CT molecular complexity index is 402. The molecule has 1 aromatic rings. The molecule has 5 nitrogen and oxygen atoms in total. The Balaban J connectivity index is 2.05. The molecule has 1 aromatic heterocycles. The fourth-order valence-electron chi connectivity index (χ4n) is 2.34. The predicted molar refractivity (Wildman–Crippen MR) is 72.9 cm³/mol. The van der Waals surface area contributed by atoms with Gasteiger partial charge in [-0.05, 0) is 24.7 Å². The quantitative estimate of drug-likeness (QED) is 0.744. The minimum atomic E-state index is -0.226. The Kier molecular flexibility index (Phi) is 4.87. The molecule has 0 spiro atoms. The number of pyridine rings is 1. The van der Waals surface area contributed by atoms with E-state index in [1.54, 1.807) is 12.4 Å². The lowest BCUT2D eigenvalue weighted by atomic mass is 9.99. The van der Waals surface area contributed by atoms with E-state index in [9.17, 15) is 4.79 Å². The monoisotopic (exact) mass is 263 g/mol. The SMILES string of the molecule is COC(=O)C(CN1CCN(C)CC1)c1ccncc1. The van der Waals surface area contributed by atoms with E-state index in [1.807, 2.05) is 12.1 Å². The average Bonchev–Trinajstić information content (AvgIpc) is 2.47. The van der Waals surface area contributed by atoms with Crippen LogP contribution in [0.1, 0.15) is 11.5 Å². The van der Waals surface area contributed by atoms with Gasteiger partial charge in [-0.15, -0.1) is 0 Å². The maximum absolute atomic E-state index is 12.0. The van der Waals surface area contributed by atoms with Crippen molar-refractivity contribution in [2.75, 3.05) is 46.9 Å². The second kappa shape index (κ2) is 6.63. The summed E-state index contributed by atoms with van der Waals surface area (Å²) in [5.41, 5.74) is 0.973. The summed E-state index contributed by atoms with van der Waals surface area (Å²) in [5.74, 6) is -0.401. The number of rotatable bonds is 4. The van der Waals surface area contributed by atoms with Crippen molar-refractivity contribution in [3.63, 3.8) is 0 Å². The van der Waals surface area contributed by atoms with E-state index >= 15 is 0 Å². The van der Waals surface area contributed by atoms with E-state index < -0.39 is 0 Å². The molecule has 5 heteroatoms. The highest BCUT2D eigenvalue weighted by Crippen LogP contribution is 2.18. The molecule has 0 N–H and O–H groups in total. The van der Waals surface area contributed by atoms with Crippen molar-refractivity contribution in [2.24, 2.45) is 0 Å². The number of carbonyl (C=O) groups excluding carboxylic acids is 1. The molecule has 1 fully saturated rings. The summed E-state index contributed by atoms with van der Waals surface area (Å²) in [6.07, 6.45) is 3.44. The molecule has 1 saturated heterocycles. The van der Waals surface area contributed by atoms with Gasteiger partial charge in [0.1, 0.15) is 0 Å². The molecule has 1 atom stereocenters. The molecule has 1 aliphatic rings. The van der Waals surface area contributed by atoms with Gasteiger partial charge < -0.3 is 9.64 Å². The number of likely N-dealkylation sites (N-methyl/N-ethyl adjacent to an activating group) is 1. The largest absolute Gasteiger partial charge is 0.469 e. The predicted octanol–water partition coefficient (Wildman–Crippen LogP) is 0.586. The van der Waals surface area contributed by atoms with Gasteiger partial charge in [-0.25, -0.2) is 0 Å². The van der Waals surface area contributed by atoms with Gasteiger partial charge in [0.15, 0.2) is 0 Å². The second-order valence-corrected chi connectivity index (χ2v) is 4.96. The summed E-state index contributed by atoms with van der Waals surface area (Å²) in [6, 6.07) is 3.77. The van der Waals surface area contributed by atoms with E-state index in [1.165, 1.54) is 7.11 Å². The molecule has 104 valence electrons. The Labute approximate surface area is 114 Å². The number of carbonyl (C=O) groups is 1. The summed E-state index contributed by atoms with van der Waals surface area (Å²) in [4.78, 5) is 20.6. The van der Waals surface area contributed by atoms with E-state index in [0.29, 0.717) is 6.54 Å². The van der Waals surface area contributed by atoms with Gasteiger partial charge in [0, 0.05) is 45.1 Å². The number of ether oxygens (including phenoxy) is 1. The molecule has 0 radical (unpaired) electrons. The third-order valence-corrected chi connectivity index (χ3v) is 3.63. The standard InChI is InChI=1S/C14H21N3O2/c1-16-7-9-17(10-8-16)11-13(14(18)19-2)12-3-5-15-6-4-12/h3-6,13H,7-11H2,1-2H3. The molecule has 19 heavy (non-hydrogen) atoms. The zero-order valence-electron chi connectivity index (χ0n) is 11.6. The van der Waals surface area contributed by atoms with Crippen LogP contribution in [0.25, 0.3) is 0 Å². The summed E-state index contributed by atoms with van der Waals surface area (Å²) >= 11 is 0. The minimum Gasteiger partial charge on any atom is -0.469 e. The number of aromatic nitrogens is 1. The summed E-state index contributed by atoms with van der Waals surface area (Å²) in [7, 11) is 3.57. The van der Waals surface area contributed by atoms with Gasteiger partial charge in [0.05, 0.1) is 13.0 Å².